The van der Waals surface area contributed by atoms with E-state index in [-0.39, 0.29) is 12.5 Å². The number of nitrogens with one attached hydrogen (secondary N) is 1. The number of rotatable bonds is 3. The second-order valence-electron chi connectivity index (χ2n) is 5.04. The summed E-state index contributed by atoms with van der Waals surface area (Å²) >= 11 is 0. The molecule has 1 N–H and O–H groups in total. The Morgan fingerprint density at radius 1 is 1.37 bits per heavy atom. The Morgan fingerprint density at radius 2 is 2.05 bits per heavy atom. The van der Waals surface area contributed by atoms with Crippen LogP contribution in [0.4, 0.5) is 4.79 Å². The number of methoxy groups -OCH3 is 1. The van der Waals surface area contributed by atoms with Gasteiger partial charge in [0.15, 0.2) is 0 Å². The number of nitrogens with zero attached hydrogens (tertiary/aromatic N) is 2. The van der Waals surface area contributed by atoms with Crippen LogP contribution in [0.2, 0.25) is 0 Å². The summed E-state index contributed by atoms with van der Waals surface area (Å²) in [5.74, 6) is 0.392. The van der Waals surface area contributed by atoms with Crippen LogP contribution >= 0.6 is 0 Å². The summed E-state index contributed by atoms with van der Waals surface area (Å²) in [6, 6.07) is 3.18. The average Bonchev–Trinajstić information content (AvgIpc) is 2.51. The molecule has 1 saturated heterocycles. The van der Waals surface area contributed by atoms with Crippen molar-refractivity contribution in [1.29, 1.82) is 0 Å². The molecule has 1 aliphatic rings. The molecule has 0 spiro atoms. The number of pyridine rings is 1. The molecule has 3 amide bonds. The van der Waals surface area contributed by atoms with Gasteiger partial charge in [-0.05, 0) is 20.8 Å². The van der Waals surface area contributed by atoms with Crippen LogP contribution in [0.1, 0.15) is 25.2 Å². The monoisotopic (exact) mass is 263 g/mol. The number of urea groups is 1. The van der Waals surface area contributed by atoms with Crippen LogP contribution in [0.5, 0.6) is 5.75 Å². The second kappa shape index (κ2) is 4.53. The first-order valence-electron chi connectivity index (χ1n) is 5.99. The van der Waals surface area contributed by atoms with Crippen molar-refractivity contribution < 1.29 is 14.3 Å². The molecule has 0 radical (unpaired) electrons. The molecule has 0 aromatic carbocycles. The minimum Gasteiger partial charge on any atom is -0.497 e. The van der Waals surface area contributed by atoms with Crippen LogP contribution in [0.15, 0.2) is 12.1 Å². The second-order valence-corrected chi connectivity index (χ2v) is 5.04. The number of aryl methyl sites for hydroxylation is 1. The number of aromatic nitrogens is 1. The van der Waals surface area contributed by atoms with E-state index in [1.165, 1.54) is 4.90 Å². The van der Waals surface area contributed by atoms with E-state index in [4.69, 9.17) is 4.74 Å². The third kappa shape index (κ3) is 2.38. The molecular weight excluding hydrogens is 246 g/mol. The minimum absolute atomic E-state index is 0.266. The highest BCUT2D eigenvalue weighted by Gasteiger charge is 2.45. The highest BCUT2D eigenvalue weighted by atomic mass is 16.5. The van der Waals surface area contributed by atoms with Gasteiger partial charge in [0.05, 0.1) is 19.3 Å². The van der Waals surface area contributed by atoms with Gasteiger partial charge in [-0.1, -0.05) is 0 Å². The van der Waals surface area contributed by atoms with Crippen molar-refractivity contribution in [3.8, 4) is 5.75 Å². The molecule has 1 aromatic rings. The maximum atomic E-state index is 11.8. The number of hydrogen-bond donors (Lipinski definition) is 1. The van der Waals surface area contributed by atoms with Gasteiger partial charge in [-0.3, -0.25) is 15.1 Å². The van der Waals surface area contributed by atoms with E-state index < -0.39 is 11.6 Å². The molecule has 1 fully saturated rings. The van der Waals surface area contributed by atoms with Crippen molar-refractivity contribution in [3.05, 3.63) is 23.5 Å². The Bertz CT molecular complexity index is 540. The van der Waals surface area contributed by atoms with Gasteiger partial charge in [0.2, 0.25) is 0 Å². The van der Waals surface area contributed by atoms with Crippen LogP contribution in [0.3, 0.4) is 0 Å². The third-order valence-corrected chi connectivity index (χ3v) is 3.23. The number of carbonyl (C=O) groups is 2. The summed E-state index contributed by atoms with van der Waals surface area (Å²) in [5.41, 5.74) is 0.628. The number of hydrogen-bond acceptors (Lipinski definition) is 4. The molecule has 6 heteroatoms. The summed E-state index contributed by atoms with van der Waals surface area (Å²) < 4.78 is 5.17. The first-order valence-corrected chi connectivity index (χ1v) is 5.99. The van der Waals surface area contributed by atoms with Crippen molar-refractivity contribution in [1.82, 2.24) is 15.2 Å². The zero-order chi connectivity index (χ0) is 14.2. The van der Waals surface area contributed by atoms with Crippen molar-refractivity contribution >= 4 is 11.9 Å². The Hall–Kier alpha value is -2.11. The van der Waals surface area contributed by atoms with Crippen LogP contribution in [-0.2, 0) is 11.3 Å². The SMILES string of the molecule is COc1cc(C)nc(CN2C(=O)NC(=O)C2(C)C)c1. The van der Waals surface area contributed by atoms with Gasteiger partial charge < -0.3 is 9.64 Å². The fourth-order valence-electron chi connectivity index (χ4n) is 2.03. The maximum absolute atomic E-state index is 11.8. The van der Waals surface area contributed by atoms with E-state index in [1.54, 1.807) is 27.0 Å². The standard InChI is InChI=1S/C13H17N3O3/c1-8-5-10(19-4)6-9(14-8)7-16-12(18)15-11(17)13(16,2)3/h5-6H,7H2,1-4H3,(H,15,17,18). The highest BCUT2D eigenvalue weighted by Crippen LogP contribution is 2.24. The number of ether oxygens (including phenoxy) is 1. The zero-order valence-electron chi connectivity index (χ0n) is 11.5. The third-order valence-electron chi connectivity index (χ3n) is 3.23. The predicted molar refractivity (Wildman–Crippen MR) is 68.7 cm³/mol. The first-order chi connectivity index (χ1) is 8.84. The topological polar surface area (TPSA) is 71.5 Å². The molecule has 2 heterocycles. The van der Waals surface area contributed by atoms with Crippen molar-refractivity contribution in [2.75, 3.05) is 7.11 Å². The number of amides is 3. The Balaban J connectivity index is 2.28. The lowest BCUT2D eigenvalue weighted by Crippen LogP contribution is -2.43. The molecule has 1 aromatic heterocycles. The van der Waals surface area contributed by atoms with Crippen LogP contribution < -0.4 is 10.1 Å². The molecule has 0 bridgehead atoms. The van der Waals surface area contributed by atoms with Crippen LogP contribution in [0.25, 0.3) is 0 Å². The van der Waals surface area contributed by atoms with Crippen LogP contribution in [-0.4, -0.2) is 34.5 Å². The van der Waals surface area contributed by atoms with Gasteiger partial charge in [-0.15, -0.1) is 0 Å². The predicted octanol–water partition coefficient (Wildman–Crippen LogP) is 1.23. The fourth-order valence-corrected chi connectivity index (χ4v) is 2.03. The zero-order valence-corrected chi connectivity index (χ0v) is 11.5. The Morgan fingerprint density at radius 3 is 2.58 bits per heavy atom. The van der Waals surface area contributed by atoms with E-state index >= 15 is 0 Å². The molecule has 1 aliphatic heterocycles. The molecule has 6 nitrogen and oxygen atoms in total. The molecule has 19 heavy (non-hydrogen) atoms. The average molecular weight is 263 g/mol. The summed E-state index contributed by atoms with van der Waals surface area (Å²) in [7, 11) is 1.58. The molecule has 102 valence electrons. The largest absolute Gasteiger partial charge is 0.497 e. The molecule has 0 unspecified atom stereocenters. The fraction of sp³-hybridized carbons (Fsp3) is 0.462. The first kappa shape index (κ1) is 13.3. The lowest BCUT2D eigenvalue weighted by Gasteiger charge is -2.27. The van der Waals surface area contributed by atoms with Gasteiger partial charge in [-0.2, -0.15) is 0 Å². The Kier molecular flexibility index (Phi) is 3.18. The Labute approximate surface area is 111 Å². The van der Waals surface area contributed by atoms with E-state index in [1.807, 2.05) is 13.0 Å². The van der Waals surface area contributed by atoms with Gasteiger partial charge >= 0.3 is 6.03 Å². The maximum Gasteiger partial charge on any atom is 0.325 e. The number of imide groups is 1. The molecular formula is C13H17N3O3. The van der Waals surface area contributed by atoms with E-state index in [2.05, 4.69) is 10.3 Å². The summed E-state index contributed by atoms with van der Waals surface area (Å²) in [6.07, 6.45) is 0. The van der Waals surface area contributed by atoms with Crippen molar-refractivity contribution in [2.24, 2.45) is 0 Å². The minimum atomic E-state index is -0.865. The molecule has 0 atom stereocenters. The van der Waals surface area contributed by atoms with Gasteiger partial charge in [0.1, 0.15) is 11.3 Å². The van der Waals surface area contributed by atoms with E-state index in [9.17, 15) is 9.59 Å². The molecule has 2 rings (SSSR count). The van der Waals surface area contributed by atoms with Gasteiger partial charge in [0.25, 0.3) is 5.91 Å². The molecule has 0 saturated carbocycles. The smallest absolute Gasteiger partial charge is 0.325 e. The summed E-state index contributed by atoms with van der Waals surface area (Å²) in [5, 5.41) is 2.31. The summed E-state index contributed by atoms with van der Waals surface area (Å²) in [4.78, 5) is 29.3. The van der Waals surface area contributed by atoms with Crippen LogP contribution in [0, 0.1) is 6.92 Å². The van der Waals surface area contributed by atoms with Crippen molar-refractivity contribution in [3.63, 3.8) is 0 Å². The van der Waals surface area contributed by atoms with Gasteiger partial charge in [-0.25, -0.2) is 4.79 Å². The highest BCUT2D eigenvalue weighted by molar-refractivity contribution is 6.06. The quantitative estimate of drug-likeness (QED) is 0.832. The lowest BCUT2D eigenvalue weighted by atomic mass is 10.0. The van der Waals surface area contributed by atoms with Crippen molar-refractivity contribution in [2.45, 2.75) is 32.9 Å². The number of carbonyl (C=O) groups excluding carboxylic acids is 2. The lowest BCUT2D eigenvalue weighted by molar-refractivity contribution is -0.125. The van der Waals surface area contributed by atoms with Gasteiger partial charge in [0, 0.05) is 17.8 Å². The van der Waals surface area contributed by atoms with E-state index in [0.717, 1.165) is 5.69 Å². The normalized spacial score (nSPS) is 17.6. The molecule has 0 aliphatic carbocycles. The van der Waals surface area contributed by atoms with E-state index in [0.29, 0.717) is 11.4 Å². The summed E-state index contributed by atoms with van der Waals surface area (Å²) in [6.45, 7) is 5.54.